The Bertz CT molecular complexity index is 984. The number of benzene rings is 1. The summed E-state index contributed by atoms with van der Waals surface area (Å²) in [7, 11) is 0. The molecule has 0 spiro atoms. The number of hydrogen-bond donors (Lipinski definition) is 1. The molecule has 27 heavy (non-hydrogen) atoms. The molecular formula is C18H18ClFN6O. The molecule has 140 valence electrons. The number of nitrogens with one attached hydrogen (secondary N) is 1. The van der Waals surface area contributed by atoms with E-state index in [-0.39, 0.29) is 17.9 Å². The van der Waals surface area contributed by atoms with Gasteiger partial charge in [0.15, 0.2) is 5.82 Å². The number of carbonyl (C=O) groups is 1. The summed E-state index contributed by atoms with van der Waals surface area (Å²) in [6.07, 6.45) is 4.16. The standard InChI is InChI=1S/C18H18ClFN6O/c1-12-7-17(23-26(12)15-4-2-3-14(20)8-15)22-18(27)24-6-5-16(11-24)25-10-13(19)9-21-25/h2-4,7-10,16H,5-6,11H2,1H3,(H,22,23,27)/t16-/m1/s1. The van der Waals surface area contributed by atoms with Crippen molar-refractivity contribution in [2.75, 3.05) is 18.4 Å². The summed E-state index contributed by atoms with van der Waals surface area (Å²) in [5.74, 6) is 0.0853. The third kappa shape index (κ3) is 3.66. The van der Waals surface area contributed by atoms with E-state index in [0.717, 1.165) is 12.1 Å². The number of aryl methyl sites for hydroxylation is 1. The van der Waals surface area contributed by atoms with Crippen LogP contribution in [0.4, 0.5) is 15.0 Å². The SMILES string of the molecule is Cc1cc(NC(=O)N2CC[C@@H](n3cc(Cl)cn3)C2)nn1-c1cccc(F)c1. The Morgan fingerprint density at radius 2 is 2.22 bits per heavy atom. The van der Waals surface area contributed by atoms with E-state index in [1.165, 1.54) is 12.1 Å². The van der Waals surface area contributed by atoms with Crippen LogP contribution in [0.3, 0.4) is 0 Å². The van der Waals surface area contributed by atoms with E-state index in [1.807, 2.05) is 6.92 Å². The molecule has 0 unspecified atom stereocenters. The fourth-order valence-corrected chi connectivity index (χ4v) is 3.39. The van der Waals surface area contributed by atoms with Gasteiger partial charge < -0.3 is 4.90 Å². The number of anilines is 1. The van der Waals surface area contributed by atoms with E-state index in [1.54, 1.807) is 44.9 Å². The highest BCUT2D eigenvalue weighted by Crippen LogP contribution is 2.23. The number of halogens is 2. The van der Waals surface area contributed by atoms with Crippen LogP contribution in [-0.4, -0.2) is 43.6 Å². The highest BCUT2D eigenvalue weighted by Gasteiger charge is 2.28. The molecule has 1 atom stereocenters. The van der Waals surface area contributed by atoms with Crippen LogP contribution in [0.2, 0.25) is 5.02 Å². The second-order valence-corrected chi connectivity index (χ2v) is 6.96. The van der Waals surface area contributed by atoms with Crippen LogP contribution in [-0.2, 0) is 0 Å². The molecule has 9 heteroatoms. The van der Waals surface area contributed by atoms with Crippen molar-refractivity contribution in [1.82, 2.24) is 24.5 Å². The molecule has 1 aromatic carbocycles. The predicted octanol–water partition coefficient (Wildman–Crippen LogP) is 3.65. The number of urea groups is 1. The van der Waals surface area contributed by atoms with Gasteiger partial charge in [0.05, 0.1) is 22.9 Å². The maximum absolute atomic E-state index is 13.5. The predicted molar refractivity (Wildman–Crippen MR) is 99.7 cm³/mol. The Balaban J connectivity index is 1.44. The first-order valence-corrected chi connectivity index (χ1v) is 8.95. The molecular weight excluding hydrogens is 371 g/mol. The van der Waals surface area contributed by atoms with E-state index in [2.05, 4.69) is 15.5 Å². The van der Waals surface area contributed by atoms with Gasteiger partial charge in [-0.25, -0.2) is 13.9 Å². The van der Waals surface area contributed by atoms with Gasteiger partial charge in [0, 0.05) is 31.0 Å². The molecule has 2 aromatic heterocycles. The van der Waals surface area contributed by atoms with Crippen LogP contribution in [0.1, 0.15) is 18.2 Å². The van der Waals surface area contributed by atoms with Crippen molar-refractivity contribution in [3.05, 3.63) is 59.3 Å². The van der Waals surface area contributed by atoms with Crippen molar-refractivity contribution in [3.8, 4) is 5.69 Å². The maximum atomic E-state index is 13.5. The van der Waals surface area contributed by atoms with E-state index in [0.29, 0.717) is 29.6 Å². The smallest absolute Gasteiger partial charge is 0.322 e. The zero-order valence-corrected chi connectivity index (χ0v) is 15.4. The van der Waals surface area contributed by atoms with E-state index < -0.39 is 0 Å². The van der Waals surface area contributed by atoms with Gasteiger partial charge in [-0.2, -0.15) is 5.10 Å². The van der Waals surface area contributed by atoms with Crippen LogP contribution in [0.25, 0.3) is 5.69 Å². The van der Waals surface area contributed by atoms with Crippen LogP contribution in [0.15, 0.2) is 42.7 Å². The van der Waals surface area contributed by atoms with E-state index in [9.17, 15) is 9.18 Å². The molecule has 2 amide bonds. The second kappa shape index (κ2) is 7.03. The molecule has 0 radical (unpaired) electrons. The van der Waals surface area contributed by atoms with Crippen LogP contribution in [0.5, 0.6) is 0 Å². The lowest BCUT2D eigenvalue weighted by molar-refractivity contribution is 0.220. The number of rotatable bonds is 3. The van der Waals surface area contributed by atoms with Gasteiger partial charge >= 0.3 is 6.03 Å². The number of nitrogens with zero attached hydrogens (tertiary/aromatic N) is 5. The topological polar surface area (TPSA) is 68.0 Å². The van der Waals surface area contributed by atoms with Crippen molar-refractivity contribution in [2.45, 2.75) is 19.4 Å². The summed E-state index contributed by atoms with van der Waals surface area (Å²) < 4.78 is 16.8. The quantitative estimate of drug-likeness (QED) is 0.744. The Hall–Kier alpha value is -2.87. The minimum Gasteiger partial charge on any atom is -0.322 e. The van der Waals surface area contributed by atoms with Crippen molar-refractivity contribution >= 4 is 23.4 Å². The first-order chi connectivity index (χ1) is 13.0. The van der Waals surface area contributed by atoms with Gasteiger partial charge in [-0.1, -0.05) is 17.7 Å². The Morgan fingerprint density at radius 3 is 2.96 bits per heavy atom. The Morgan fingerprint density at radius 1 is 1.37 bits per heavy atom. The number of hydrogen-bond acceptors (Lipinski definition) is 3. The molecule has 7 nitrogen and oxygen atoms in total. The van der Waals surface area contributed by atoms with E-state index >= 15 is 0 Å². The average Bonchev–Trinajstić information content (AvgIpc) is 3.34. The molecule has 1 aliphatic rings. The first-order valence-electron chi connectivity index (χ1n) is 8.58. The lowest BCUT2D eigenvalue weighted by Crippen LogP contribution is -2.33. The minimum atomic E-state index is -0.338. The third-order valence-corrected chi connectivity index (χ3v) is 4.77. The van der Waals surface area contributed by atoms with Crippen LogP contribution < -0.4 is 5.32 Å². The zero-order chi connectivity index (χ0) is 19.0. The third-order valence-electron chi connectivity index (χ3n) is 4.57. The molecule has 0 aliphatic carbocycles. The molecule has 4 rings (SSSR count). The van der Waals surface area contributed by atoms with Gasteiger partial charge in [-0.3, -0.25) is 10.00 Å². The fourth-order valence-electron chi connectivity index (χ4n) is 3.25. The zero-order valence-electron chi connectivity index (χ0n) is 14.6. The van der Waals surface area contributed by atoms with E-state index in [4.69, 9.17) is 11.6 Å². The largest absolute Gasteiger partial charge is 0.323 e. The summed E-state index contributed by atoms with van der Waals surface area (Å²) in [5.41, 5.74) is 1.39. The highest BCUT2D eigenvalue weighted by molar-refractivity contribution is 6.30. The molecule has 1 saturated heterocycles. The molecule has 1 N–H and O–H groups in total. The van der Waals surface area contributed by atoms with Crippen molar-refractivity contribution in [3.63, 3.8) is 0 Å². The number of aromatic nitrogens is 4. The summed E-state index contributed by atoms with van der Waals surface area (Å²) >= 11 is 5.91. The molecule has 1 aliphatic heterocycles. The van der Waals surface area contributed by atoms with Crippen LogP contribution >= 0.6 is 11.6 Å². The van der Waals surface area contributed by atoms with Gasteiger partial charge in [0.1, 0.15) is 5.82 Å². The van der Waals surface area contributed by atoms with Crippen LogP contribution in [0, 0.1) is 12.7 Å². The maximum Gasteiger partial charge on any atom is 0.323 e. The van der Waals surface area contributed by atoms with Crippen molar-refractivity contribution in [2.24, 2.45) is 0 Å². The molecule has 0 saturated carbocycles. The highest BCUT2D eigenvalue weighted by atomic mass is 35.5. The molecule has 0 bridgehead atoms. The van der Waals surface area contributed by atoms with Crippen molar-refractivity contribution in [1.29, 1.82) is 0 Å². The van der Waals surface area contributed by atoms with Crippen molar-refractivity contribution < 1.29 is 9.18 Å². The summed E-state index contributed by atoms with van der Waals surface area (Å²) in [6, 6.07) is 7.79. The second-order valence-electron chi connectivity index (χ2n) is 6.52. The summed E-state index contributed by atoms with van der Waals surface area (Å²) in [6.45, 7) is 3.02. The monoisotopic (exact) mass is 388 g/mol. The molecule has 1 fully saturated rings. The van der Waals surface area contributed by atoms with Gasteiger partial charge in [0.2, 0.25) is 0 Å². The van der Waals surface area contributed by atoms with Gasteiger partial charge in [-0.15, -0.1) is 5.10 Å². The number of likely N-dealkylation sites (tertiary alicyclic amines) is 1. The number of carbonyl (C=O) groups excluding carboxylic acids is 1. The Kier molecular flexibility index (Phi) is 4.57. The minimum absolute atomic E-state index is 0.106. The average molecular weight is 389 g/mol. The lowest BCUT2D eigenvalue weighted by Gasteiger charge is -2.16. The summed E-state index contributed by atoms with van der Waals surface area (Å²) in [5, 5.41) is 12.0. The molecule has 3 aromatic rings. The lowest BCUT2D eigenvalue weighted by atomic mass is 10.3. The van der Waals surface area contributed by atoms with Gasteiger partial charge in [-0.05, 0) is 31.5 Å². The molecule has 3 heterocycles. The first kappa shape index (κ1) is 17.5. The Labute approximate surface area is 160 Å². The van der Waals surface area contributed by atoms with Gasteiger partial charge in [0.25, 0.3) is 0 Å². The number of amides is 2. The summed E-state index contributed by atoms with van der Waals surface area (Å²) in [4.78, 5) is 14.3. The fraction of sp³-hybridized carbons (Fsp3) is 0.278. The normalized spacial score (nSPS) is 16.7.